The van der Waals surface area contributed by atoms with Crippen molar-refractivity contribution in [3.63, 3.8) is 0 Å². The van der Waals surface area contributed by atoms with Crippen LogP contribution in [0.2, 0.25) is 0 Å². The molecule has 0 spiro atoms. The highest BCUT2D eigenvalue weighted by Gasteiger charge is 2.05. The van der Waals surface area contributed by atoms with E-state index in [1.54, 1.807) is 0 Å². The van der Waals surface area contributed by atoms with E-state index in [-0.39, 0.29) is 5.91 Å². The highest BCUT2D eigenvalue weighted by Crippen LogP contribution is 2.18. The van der Waals surface area contributed by atoms with Crippen molar-refractivity contribution in [2.24, 2.45) is 0 Å². The van der Waals surface area contributed by atoms with E-state index in [1.165, 1.54) is 3.57 Å². The second kappa shape index (κ2) is 8.02. The number of anilines is 1. The number of nitrogens with one attached hydrogen (secondary N) is 1. The monoisotopic (exact) mass is 395 g/mol. The molecule has 0 bridgehead atoms. The van der Waals surface area contributed by atoms with Crippen LogP contribution in [-0.2, 0) is 4.79 Å². The Morgan fingerprint density at radius 2 is 1.95 bits per heavy atom. The molecule has 0 fully saturated rings. The quantitative estimate of drug-likeness (QED) is 0.582. The van der Waals surface area contributed by atoms with E-state index < -0.39 is 0 Å². The van der Waals surface area contributed by atoms with Gasteiger partial charge in [0.05, 0.1) is 6.61 Å². The van der Waals surface area contributed by atoms with E-state index in [4.69, 9.17) is 4.74 Å². The van der Waals surface area contributed by atoms with Gasteiger partial charge in [0.2, 0.25) is 5.91 Å². The molecule has 1 N–H and O–H groups in total. The minimum Gasteiger partial charge on any atom is -0.494 e. The fraction of sp³-hybridized carbons (Fsp3) is 0.235. The summed E-state index contributed by atoms with van der Waals surface area (Å²) in [4.78, 5) is 11.9. The third-order valence-electron chi connectivity index (χ3n) is 3.02. The molecule has 110 valence electrons. The van der Waals surface area contributed by atoms with Crippen molar-refractivity contribution in [2.75, 3.05) is 11.9 Å². The van der Waals surface area contributed by atoms with Gasteiger partial charge >= 0.3 is 0 Å². The average molecular weight is 395 g/mol. The Morgan fingerprint density at radius 1 is 1.19 bits per heavy atom. The van der Waals surface area contributed by atoms with Crippen LogP contribution >= 0.6 is 22.6 Å². The number of halogens is 1. The molecule has 0 radical (unpaired) electrons. The van der Waals surface area contributed by atoms with Gasteiger partial charge in [-0.2, -0.15) is 0 Å². The number of benzene rings is 2. The van der Waals surface area contributed by atoms with Crippen LogP contribution in [0.5, 0.6) is 5.75 Å². The SMILES string of the molecule is Cc1cc(I)ccc1NC(=O)CCCOc1ccccc1. The van der Waals surface area contributed by atoms with Gasteiger partial charge in [-0.3, -0.25) is 4.79 Å². The number of ether oxygens (including phenoxy) is 1. The summed E-state index contributed by atoms with van der Waals surface area (Å²) in [6, 6.07) is 15.6. The van der Waals surface area contributed by atoms with Gasteiger partial charge in [-0.1, -0.05) is 18.2 Å². The number of hydrogen-bond acceptors (Lipinski definition) is 2. The molecule has 2 aromatic carbocycles. The summed E-state index contributed by atoms with van der Waals surface area (Å²) in [5, 5.41) is 2.94. The molecule has 0 heterocycles. The number of rotatable bonds is 6. The molecule has 4 heteroatoms. The molecular weight excluding hydrogens is 377 g/mol. The van der Waals surface area contributed by atoms with Crippen molar-refractivity contribution in [2.45, 2.75) is 19.8 Å². The lowest BCUT2D eigenvalue weighted by molar-refractivity contribution is -0.116. The minimum absolute atomic E-state index is 0.0240. The summed E-state index contributed by atoms with van der Waals surface area (Å²) in [5.41, 5.74) is 1.96. The Morgan fingerprint density at radius 3 is 2.67 bits per heavy atom. The van der Waals surface area contributed by atoms with Gasteiger partial charge in [0, 0.05) is 15.7 Å². The third kappa shape index (κ3) is 5.38. The maximum Gasteiger partial charge on any atom is 0.224 e. The first-order valence-electron chi connectivity index (χ1n) is 6.89. The molecule has 0 aromatic heterocycles. The van der Waals surface area contributed by atoms with Crippen LogP contribution in [0.3, 0.4) is 0 Å². The Hall–Kier alpha value is -1.56. The van der Waals surface area contributed by atoms with E-state index >= 15 is 0 Å². The lowest BCUT2D eigenvalue weighted by atomic mass is 10.2. The first-order valence-corrected chi connectivity index (χ1v) is 7.97. The lowest BCUT2D eigenvalue weighted by Gasteiger charge is -2.09. The molecule has 0 saturated heterocycles. The van der Waals surface area contributed by atoms with Gasteiger partial charge in [0.15, 0.2) is 0 Å². The lowest BCUT2D eigenvalue weighted by Crippen LogP contribution is -2.13. The van der Waals surface area contributed by atoms with Crippen LogP contribution < -0.4 is 10.1 Å². The van der Waals surface area contributed by atoms with Gasteiger partial charge in [0.1, 0.15) is 5.75 Å². The van der Waals surface area contributed by atoms with Gasteiger partial charge in [-0.15, -0.1) is 0 Å². The van der Waals surface area contributed by atoms with Gasteiger partial charge in [-0.25, -0.2) is 0 Å². The Labute approximate surface area is 138 Å². The smallest absolute Gasteiger partial charge is 0.224 e. The fourth-order valence-corrected chi connectivity index (χ4v) is 2.57. The molecular formula is C17H18INO2. The van der Waals surface area contributed by atoms with E-state index in [2.05, 4.69) is 34.0 Å². The van der Waals surface area contributed by atoms with E-state index in [1.807, 2.05) is 49.4 Å². The number of aryl methyl sites for hydroxylation is 1. The van der Waals surface area contributed by atoms with Gasteiger partial charge in [0.25, 0.3) is 0 Å². The van der Waals surface area contributed by atoms with Gasteiger partial charge < -0.3 is 10.1 Å². The molecule has 0 aliphatic rings. The zero-order valence-electron chi connectivity index (χ0n) is 11.9. The molecule has 21 heavy (non-hydrogen) atoms. The van der Waals surface area contributed by atoms with Crippen LogP contribution in [0.25, 0.3) is 0 Å². The standard InChI is InChI=1S/C17H18INO2/c1-13-12-14(18)9-10-16(13)19-17(20)8-5-11-21-15-6-3-2-4-7-15/h2-4,6-7,9-10,12H,5,8,11H2,1H3,(H,19,20). The van der Waals surface area contributed by atoms with E-state index in [0.29, 0.717) is 19.4 Å². The average Bonchev–Trinajstić information content (AvgIpc) is 2.48. The Kier molecular flexibility index (Phi) is 6.04. The highest BCUT2D eigenvalue weighted by molar-refractivity contribution is 14.1. The van der Waals surface area contributed by atoms with Crippen LogP contribution in [0.15, 0.2) is 48.5 Å². The molecule has 3 nitrogen and oxygen atoms in total. The van der Waals surface area contributed by atoms with Crippen LogP contribution in [0.4, 0.5) is 5.69 Å². The summed E-state index contributed by atoms with van der Waals surface area (Å²) in [6.45, 7) is 2.54. The topological polar surface area (TPSA) is 38.3 Å². The summed E-state index contributed by atoms with van der Waals surface area (Å²) in [5.74, 6) is 0.863. The maximum absolute atomic E-state index is 11.9. The second-order valence-corrected chi connectivity index (χ2v) is 6.02. The summed E-state index contributed by atoms with van der Waals surface area (Å²) < 4.78 is 6.73. The minimum atomic E-state index is 0.0240. The molecule has 2 rings (SSSR count). The normalized spacial score (nSPS) is 10.2. The summed E-state index contributed by atoms with van der Waals surface area (Å²) in [6.07, 6.45) is 1.16. The maximum atomic E-state index is 11.9. The number of carbonyl (C=O) groups is 1. The third-order valence-corrected chi connectivity index (χ3v) is 3.69. The van der Waals surface area contributed by atoms with Gasteiger partial charge in [-0.05, 0) is 71.8 Å². The van der Waals surface area contributed by atoms with Crippen LogP contribution in [0.1, 0.15) is 18.4 Å². The van der Waals surface area contributed by atoms with Crippen molar-refractivity contribution in [1.82, 2.24) is 0 Å². The number of carbonyl (C=O) groups excluding carboxylic acids is 1. The molecule has 0 atom stereocenters. The van der Waals surface area contributed by atoms with Crippen LogP contribution in [0, 0.1) is 10.5 Å². The molecule has 2 aromatic rings. The van der Waals surface area contributed by atoms with E-state index in [9.17, 15) is 4.79 Å². The van der Waals surface area contributed by atoms with Crippen LogP contribution in [-0.4, -0.2) is 12.5 Å². The number of para-hydroxylation sites is 1. The van der Waals surface area contributed by atoms with E-state index in [0.717, 1.165) is 17.0 Å². The first-order chi connectivity index (χ1) is 10.1. The number of hydrogen-bond donors (Lipinski definition) is 1. The van der Waals surface area contributed by atoms with Crippen molar-refractivity contribution in [1.29, 1.82) is 0 Å². The Balaban J connectivity index is 1.72. The second-order valence-electron chi connectivity index (χ2n) is 4.77. The van der Waals surface area contributed by atoms with Crippen molar-refractivity contribution >= 4 is 34.2 Å². The molecule has 0 unspecified atom stereocenters. The molecule has 0 aliphatic heterocycles. The zero-order valence-corrected chi connectivity index (χ0v) is 14.1. The zero-order chi connectivity index (χ0) is 15.1. The molecule has 1 amide bonds. The highest BCUT2D eigenvalue weighted by atomic mass is 127. The number of amides is 1. The summed E-state index contributed by atoms with van der Waals surface area (Å²) in [7, 11) is 0. The largest absolute Gasteiger partial charge is 0.494 e. The first kappa shape index (κ1) is 15.8. The molecule has 0 aliphatic carbocycles. The predicted octanol–water partition coefficient (Wildman–Crippen LogP) is 4.40. The molecule has 0 saturated carbocycles. The van der Waals surface area contributed by atoms with Crippen molar-refractivity contribution < 1.29 is 9.53 Å². The summed E-state index contributed by atoms with van der Waals surface area (Å²) >= 11 is 2.26. The van der Waals surface area contributed by atoms with Crippen molar-refractivity contribution in [3.05, 3.63) is 57.7 Å². The predicted molar refractivity (Wildman–Crippen MR) is 93.7 cm³/mol. The van der Waals surface area contributed by atoms with Crippen molar-refractivity contribution in [3.8, 4) is 5.75 Å². The Bertz CT molecular complexity index is 599. The fourth-order valence-electron chi connectivity index (χ4n) is 1.92.